The number of aromatic nitrogens is 1. The Morgan fingerprint density at radius 3 is 2.54 bits per heavy atom. The van der Waals surface area contributed by atoms with E-state index in [-0.39, 0.29) is 17.5 Å². The van der Waals surface area contributed by atoms with Gasteiger partial charge in [0.1, 0.15) is 11.6 Å². The molecule has 1 aromatic heterocycles. The van der Waals surface area contributed by atoms with Crippen molar-refractivity contribution >= 4 is 35.2 Å². The van der Waals surface area contributed by atoms with Crippen LogP contribution in [0, 0.1) is 25.2 Å². The van der Waals surface area contributed by atoms with Crippen LogP contribution in [0.15, 0.2) is 29.8 Å². The summed E-state index contributed by atoms with van der Waals surface area (Å²) in [5.74, 6) is -0.297. The van der Waals surface area contributed by atoms with E-state index in [9.17, 15) is 10.1 Å². The van der Waals surface area contributed by atoms with Crippen LogP contribution in [0.4, 0.5) is 0 Å². The van der Waals surface area contributed by atoms with E-state index in [4.69, 9.17) is 23.2 Å². The van der Waals surface area contributed by atoms with Crippen LogP contribution < -0.4 is 5.32 Å². The van der Waals surface area contributed by atoms with Gasteiger partial charge in [-0.1, -0.05) is 42.5 Å². The number of hydrogen-bond acceptors (Lipinski definition) is 2. The molecule has 0 bridgehead atoms. The second-order valence-electron chi connectivity index (χ2n) is 7.24. The van der Waals surface area contributed by atoms with Gasteiger partial charge in [0.25, 0.3) is 5.91 Å². The monoisotopic (exact) mass is 415 g/mol. The van der Waals surface area contributed by atoms with E-state index in [1.54, 1.807) is 18.2 Å². The summed E-state index contributed by atoms with van der Waals surface area (Å²) < 4.78 is 2.03. The van der Waals surface area contributed by atoms with Gasteiger partial charge in [-0.2, -0.15) is 5.26 Å². The van der Waals surface area contributed by atoms with Crippen LogP contribution >= 0.6 is 23.2 Å². The molecule has 0 spiro atoms. The van der Waals surface area contributed by atoms with Crippen molar-refractivity contribution in [1.29, 1.82) is 5.26 Å². The van der Waals surface area contributed by atoms with E-state index < -0.39 is 0 Å². The maximum atomic E-state index is 12.6. The van der Waals surface area contributed by atoms with Crippen molar-refractivity contribution in [1.82, 2.24) is 9.88 Å². The van der Waals surface area contributed by atoms with E-state index in [1.807, 2.05) is 30.5 Å². The third-order valence-electron chi connectivity index (χ3n) is 5.24. The Hall–Kier alpha value is -2.22. The highest BCUT2D eigenvalue weighted by molar-refractivity contribution is 6.42. The van der Waals surface area contributed by atoms with Gasteiger partial charge in [-0.25, -0.2) is 0 Å². The topological polar surface area (TPSA) is 57.8 Å². The smallest absolute Gasteiger partial charge is 0.262 e. The van der Waals surface area contributed by atoms with Crippen LogP contribution in [0.1, 0.15) is 49.1 Å². The summed E-state index contributed by atoms with van der Waals surface area (Å²) in [6.45, 7) is 3.93. The standard InChI is InChI=1S/C22H23Cl2N3O/c1-14-10-16(15(2)27(14)19-8-9-20(23)21(24)12-19)11-17(13-25)22(28)26-18-6-4-3-5-7-18/h8-12,18H,3-7H2,1-2H3,(H,26,28)/b17-11+. The van der Waals surface area contributed by atoms with Gasteiger partial charge in [-0.15, -0.1) is 0 Å². The molecule has 1 amide bonds. The van der Waals surface area contributed by atoms with Crippen molar-refractivity contribution < 1.29 is 4.79 Å². The molecule has 28 heavy (non-hydrogen) atoms. The van der Waals surface area contributed by atoms with Crippen molar-refractivity contribution in [3.8, 4) is 11.8 Å². The van der Waals surface area contributed by atoms with E-state index >= 15 is 0 Å². The van der Waals surface area contributed by atoms with Crippen molar-refractivity contribution in [3.05, 3.63) is 56.8 Å². The fourth-order valence-electron chi connectivity index (χ4n) is 3.77. The molecule has 1 saturated carbocycles. The lowest BCUT2D eigenvalue weighted by Gasteiger charge is -2.22. The number of benzene rings is 1. The molecule has 146 valence electrons. The molecular weight excluding hydrogens is 393 g/mol. The van der Waals surface area contributed by atoms with E-state index in [0.29, 0.717) is 10.0 Å². The van der Waals surface area contributed by atoms with Crippen molar-refractivity contribution in [3.63, 3.8) is 0 Å². The fourth-order valence-corrected chi connectivity index (χ4v) is 4.06. The molecule has 3 rings (SSSR count). The average molecular weight is 416 g/mol. The molecule has 1 aliphatic carbocycles. The summed E-state index contributed by atoms with van der Waals surface area (Å²) in [6.07, 6.45) is 7.10. The first-order valence-electron chi connectivity index (χ1n) is 9.47. The molecule has 0 saturated heterocycles. The zero-order chi connectivity index (χ0) is 20.3. The second-order valence-corrected chi connectivity index (χ2v) is 8.05. The van der Waals surface area contributed by atoms with Gasteiger partial charge in [0.15, 0.2) is 0 Å². The molecule has 1 N–H and O–H groups in total. The normalized spacial score (nSPS) is 15.3. The lowest BCUT2D eigenvalue weighted by atomic mass is 9.95. The minimum atomic E-state index is -0.297. The summed E-state index contributed by atoms with van der Waals surface area (Å²) in [5, 5.41) is 13.5. The Kier molecular flexibility index (Phi) is 6.49. The minimum Gasteiger partial charge on any atom is -0.349 e. The van der Waals surface area contributed by atoms with Crippen molar-refractivity contribution in [2.24, 2.45) is 0 Å². The van der Waals surface area contributed by atoms with Gasteiger partial charge < -0.3 is 9.88 Å². The molecule has 0 unspecified atom stereocenters. The van der Waals surface area contributed by atoms with Crippen LogP contribution in [-0.2, 0) is 4.79 Å². The number of carbonyl (C=O) groups excluding carboxylic acids is 1. The first-order chi connectivity index (χ1) is 13.4. The van der Waals surface area contributed by atoms with E-state index in [0.717, 1.165) is 48.3 Å². The number of rotatable bonds is 4. The number of halogens is 2. The number of hydrogen-bond donors (Lipinski definition) is 1. The largest absolute Gasteiger partial charge is 0.349 e. The van der Waals surface area contributed by atoms with Crippen molar-refractivity contribution in [2.45, 2.75) is 52.0 Å². The number of aryl methyl sites for hydroxylation is 1. The van der Waals surface area contributed by atoms with Gasteiger partial charge in [-0.05, 0) is 62.6 Å². The zero-order valence-corrected chi connectivity index (χ0v) is 17.6. The molecule has 0 aliphatic heterocycles. The quantitative estimate of drug-likeness (QED) is 0.509. The Bertz CT molecular complexity index is 963. The lowest BCUT2D eigenvalue weighted by molar-refractivity contribution is -0.117. The fraction of sp³-hybridized carbons (Fsp3) is 0.364. The maximum absolute atomic E-state index is 12.6. The predicted molar refractivity (Wildman–Crippen MR) is 114 cm³/mol. The Labute approximate surface area is 175 Å². The summed E-state index contributed by atoms with van der Waals surface area (Å²) in [5.41, 5.74) is 3.74. The molecule has 0 atom stereocenters. The van der Waals surface area contributed by atoms with Gasteiger partial charge in [0.05, 0.1) is 10.0 Å². The lowest BCUT2D eigenvalue weighted by Crippen LogP contribution is -2.36. The Morgan fingerprint density at radius 1 is 1.18 bits per heavy atom. The second kappa shape index (κ2) is 8.86. The summed E-state index contributed by atoms with van der Waals surface area (Å²) in [6, 6.07) is 9.63. The third-order valence-corrected chi connectivity index (χ3v) is 5.98. The Balaban J connectivity index is 1.89. The summed E-state index contributed by atoms with van der Waals surface area (Å²) in [7, 11) is 0. The number of nitriles is 1. The Morgan fingerprint density at radius 2 is 1.89 bits per heavy atom. The predicted octanol–water partition coefficient (Wildman–Crippen LogP) is 5.76. The molecule has 1 heterocycles. The molecule has 1 fully saturated rings. The minimum absolute atomic E-state index is 0.125. The van der Waals surface area contributed by atoms with Gasteiger partial charge >= 0.3 is 0 Å². The molecule has 6 heteroatoms. The average Bonchev–Trinajstić information content (AvgIpc) is 2.96. The first-order valence-corrected chi connectivity index (χ1v) is 10.2. The molecular formula is C22H23Cl2N3O. The number of nitrogens with zero attached hydrogens (tertiary/aromatic N) is 2. The van der Waals surface area contributed by atoms with Gasteiger partial charge in [0.2, 0.25) is 0 Å². The highest BCUT2D eigenvalue weighted by atomic mass is 35.5. The van der Waals surface area contributed by atoms with Gasteiger partial charge in [-0.3, -0.25) is 4.79 Å². The number of amides is 1. The molecule has 1 aromatic carbocycles. The van der Waals surface area contributed by atoms with Crippen molar-refractivity contribution in [2.75, 3.05) is 0 Å². The summed E-state index contributed by atoms with van der Waals surface area (Å²) in [4.78, 5) is 12.6. The summed E-state index contributed by atoms with van der Waals surface area (Å²) >= 11 is 12.2. The molecule has 4 nitrogen and oxygen atoms in total. The third kappa shape index (κ3) is 4.43. The highest BCUT2D eigenvalue weighted by Gasteiger charge is 2.19. The van der Waals surface area contributed by atoms with Crippen LogP contribution in [0.25, 0.3) is 11.8 Å². The first kappa shape index (κ1) is 20.5. The van der Waals surface area contributed by atoms with Crippen LogP contribution in [0.5, 0.6) is 0 Å². The zero-order valence-electron chi connectivity index (χ0n) is 16.1. The SMILES string of the molecule is Cc1cc(/C=C(\C#N)C(=O)NC2CCCCC2)c(C)n1-c1ccc(Cl)c(Cl)c1. The van der Waals surface area contributed by atoms with Crippen LogP contribution in [0.3, 0.4) is 0 Å². The number of nitrogens with one attached hydrogen (secondary N) is 1. The number of carbonyl (C=O) groups is 1. The molecule has 2 aromatic rings. The van der Waals surface area contributed by atoms with Crippen LogP contribution in [0.2, 0.25) is 10.0 Å². The van der Waals surface area contributed by atoms with Crippen LogP contribution in [-0.4, -0.2) is 16.5 Å². The molecule has 1 aliphatic rings. The molecule has 0 radical (unpaired) electrons. The van der Waals surface area contributed by atoms with E-state index in [1.165, 1.54) is 6.42 Å². The maximum Gasteiger partial charge on any atom is 0.262 e. The van der Waals surface area contributed by atoms with E-state index in [2.05, 4.69) is 11.4 Å². The van der Waals surface area contributed by atoms with Gasteiger partial charge in [0, 0.05) is 23.1 Å². The highest BCUT2D eigenvalue weighted by Crippen LogP contribution is 2.28.